The number of rotatable bonds is 8. The zero-order valence-corrected chi connectivity index (χ0v) is 18.5. The van der Waals surface area contributed by atoms with Crippen molar-refractivity contribution in [3.8, 4) is 11.6 Å². The second-order valence-corrected chi connectivity index (χ2v) is 7.50. The van der Waals surface area contributed by atoms with Gasteiger partial charge in [0.2, 0.25) is 5.88 Å². The van der Waals surface area contributed by atoms with Gasteiger partial charge in [-0.2, -0.15) is 0 Å². The molecule has 2 N–H and O–H groups in total. The first-order chi connectivity index (χ1) is 16.9. The van der Waals surface area contributed by atoms with Crippen molar-refractivity contribution in [3.63, 3.8) is 0 Å². The predicted octanol–water partition coefficient (Wildman–Crippen LogP) is 5.74. The fourth-order valence-electron chi connectivity index (χ4n) is 3.23. The number of ether oxygens (including phenoxy) is 1. The monoisotopic (exact) mass is 473 g/mol. The summed E-state index contributed by atoms with van der Waals surface area (Å²) in [6.45, 7) is 1.84. The van der Waals surface area contributed by atoms with Crippen LogP contribution in [0.4, 0.5) is 21.5 Å². The van der Waals surface area contributed by atoms with E-state index in [0.717, 1.165) is 5.69 Å². The topological polar surface area (TPSA) is 119 Å². The van der Waals surface area contributed by atoms with E-state index in [4.69, 9.17) is 4.74 Å². The first-order valence-electron chi connectivity index (χ1n) is 10.6. The third kappa shape index (κ3) is 5.93. The normalized spacial score (nSPS) is 11.4. The summed E-state index contributed by atoms with van der Waals surface area (Å²) >= 11 is 0. The molecular formula is C25H20FN5O4. The zero-order valence-electron chi connectivity index (χ0n) is 18.5. The molecule has 2 aromatic heterocycles. The Bertz CT molecular complexity index is 1330. The second kappa shape index (κ2) is 10.4. The molecule has 0 saturated carbocycles. The quantitative estimate of drug-likeness (QED) is 0.247. The van der Waals surface area contributed by atoms with Crippen molar-refractivity contribution in [1.82, 2.24) is 9.97 Å². The highest BCUT2D eigenvalue weighted by atomic mass is 19.1. The number of hydrogen-bond acceptors (Lipinski definition) is 7. The lowest BCUT2D eigenvalue weighted by molar-refractivity contribution is -0.384. The molecule has 2 aromatic carbocycles. The van der Waals surface area contributed by atoms with Crippen LogP contribution in [0.5, 0.6) is 11.6 Å². The largest absolute Gasteiger partial charge is 0.439 e. The summed E-state index contributed by atoms with van der Waals surface area (Å²) in [4.78, 5) is 32.2. The Labute approximate surface area is 199 Å². The van der Waals surface area contributed by atoms with Gasteiger partial charge in [-0.25, -0.2) is 9.37 Å². The average Bonchev–Trinajstić information content (AvgIpc) is 2.87. The highest BCUT2D eigenvalue weighted by Gasteiger charge is 2.20. The molecule has 1 amide bonds. The van der Waals surface area contributed by atoms with E-state index in [9.17, 15) is 19.3 Å². The minimum atomic E-state index is -0.548. The molecule has 10 heteroatoms. The molecule has 4 aromatic rings. The highest BCUT2D eigenvalue weighted by molar-refractivity contribution is 6.05. The number of nitrogens with zero attached hydrogens (tertiary/aromatic N) is 3. The van der Waals surface area contributed by atoms with Crippen molar-refractivity contribution >= 4 is 23.0 Å². The van der Waals surface area contributed by atoms with Gasteiger partial charge in [-0.1, -0.05) is 6.07 Å². The van der Waals surface area contributed by atoms with E-state index in [2.05, 4.69) is 20.6 Å². The van der Waals surface area contributed by atoms with E-state index in [1.807, 2.05) is 19.1 Å². The third-order valence-corrected chi connectivity index (χ3v) is 4.99. The summed E-state index contributed by atoms with van der Waals surface area (Å²) < 4.78 is 18.5. The van der Waals surface area contributed by atoms with Crippen molar-refractivity contribution in [2.75, 3.05) is 10.6 Å². The molecule has 35 heavy (non-hydrogen) atoms. The summed E-state index contributed by atoms with van der Waals surface area (Å²) in [7, 11) is 0. The lowest BCUT2D eigenvalue weighted by atomic mass is 10.1. The summed E-state index contributed by atoms with van der Waals surface area (Å²) in [6.07, 6.45) is 3.03. The number of carbonyl (C=O) groups excluding carboxylic acids is 1. The molecule has 0 aliphatic rings. The molecule has 176 valence electrons. The molecule has 4 rings (SSSR count). The molecule has 1 unspecified atom stereocenters. The van der Waals surface area contributed by atoms with Gasteiger partial charge in [0.05, 0.1) is 28.5 Å². The average molecular weight is 473 g/mol. The van der Waals surface area contributed by atoms with Crippen LogP contribution in [-0.4, -0.2) is 20.8 Å². The molecule has 0 spiro atoms. The highest BCUT2D eigenvalue weighted by Crippen LogP contribution is 2.29. The Balaban J connectivity index is 1.44. The molecule has 9 nitrogen and oxygen atoms in total. The van der Waals surface area contributed by atoms with Gasteiger partial charge in [-0.15, -0.1) is 0 Å². The smallest absolute Gasteiger partial charge is 0.293 e. The maximum absolute atomic E-state index is 13.0. The third-order valence-electron chi connectivity index (χ3n) is 4.99. The lowest BCUT2D eigenvalue weighted by Gasteiger charge is -2.15. The fourth-order valence-corrected chi connectivity index (χ4v) is 3.23. The van der Waals surface area contributed by atoms with Crippen LogP contribution in [0.15, 0.2) is 85.2 Å². The fraction of sp³-hybridized carbons (Fsp3) is 0.0800. The predicted molar refractivity (Wildman–Crippen MR) is 128 cm³/mol. The van der Waals surface area contributed by atoms with Crippen LogP contribution in [0.3, 0.4) is 0 Å². The van der Waals surface area contributed by atoms with Crippen molar-refractivity contribution in [2.24, 2.45) is 0 Å². The molecule has 0 saturated heterocycles. The lowest BCUT2D eigenvalue weighted by Crippen LogP contribution is -2.14. The van der Waals surface area contributed by atoms with Crippen LogP contribution in [0.1, 0.15) is 29.0 Å². The van der Waals surface area contributed by atoms with Gasteiger partial charge >= 0.3 is 0 Å². The van der Waals surface area contributed by atoms with E-state index >= 15 is 0 Å². The molecule has 2 heterocycles. The number of carbonyl (C=O) groups is 1. The standard InChI is InChI=1S/C25H20FN5O4/c1-16(21-4-2-3-13-27-21)29-22-11-5-17(14-23(22)31(33)34)25(32)30-19-8-12-24(28-15-19)35-20-9-6-18(26)7-10-20/h2-16,29H,1H3,(H,30,32). The Morgan fingerprint density at radius 3 is 2.51 bits per heavy atom. The van der Waals surface area contributed by atoms with Crippen molar-refractivity contribution in [3.05, 3.63) is 112 Å². The van der Waals surface area contributed by atoms with E-state index in [-0.39, 0.29) is 34.7 Å². The number of nitro groups is 1. The molecule has 0 aliphatic carbocycles. The Kier molecular flexibility index (Phi) is 6.91. The van der Waals surface area contributed by atoms with Gasteiger partial charge in [0.25, 0.3) is 11.6 Å². The van der Waals surface area contributed by atoms with Crippen LogP contribution < -0.4 is 15.4 Å². The minimum absolute atomic E-state index is 0.111. The van der Waals surface area contributed by atoms with Crippen LogP contribution in [0, 0.1) is 15.9 Å². The number of nitrogens with one attached hydrogen (secondary N) is 2. The number of halogens is 1. The molecule has 0 fully saturated rings. The summed E-state index contributed by atoms with van der Waals surface area (Å²) in [5.41, 5.74) is 1.24. The van der Waals surface area contributed by atoms with Crippen LogP contribution >= 0.6 is 0 Å². The number of hydrogen-bond donors (Lipinski definition) is 2. The van der Waals surface area contributed by atoms with Crippen molar-refractivity contribution < 1.29 is 18.8 Å². The Morgan fingerprint density at radius 1 is 1.06 bits per heavy atom. The summed E-state index contributed by atoms with van der Waals surface area (Å²) in [6, 6.07) is 17.9. The molecule has 0 bridgehead atoms. The van der Waals surface area contributed by atoms with Crippen molar-refractivity contribution in [1.29, 1.82) is 0 Å². The number of anilines is 2. The van der Waals surface area contributed by atoms with Gasteiger partial charge in [-0.05, 0) is 61.5 Å². The molecule has 0 aliphatic heterocycles. The molecule has 0 radical (unpaired) electrons. The molecule has 1 atom stereocenters. The first-order valence-corrected chi connectivity index (χ1v) is 10.6. The Morgan fingerprint density at radius 2 is 1.86 bits per heavy atom. The number of pyridine rings is 2. The summed E-state index contributed by atoms with van der Waals surface area (Å²) in [5, 5.41) is 17.4. The number of aromatic nitrogens is 2. The van der Waals surface area contributed by atoms with Crippen molar-refractivity contribution in [2.45, 2.75) is 13.0 Å². The van der Waals surface area contributed by atoms with Crippen LogP contribution in [0.2, 0.25) is 0 Å². The zero-order chi connectivity index (χ0) is 24.8. The second-order valence-electron chi connectivity index (χ2n) is 7.50. The van der Waals surface area contributed by atoms with Gasteiger partial charge in [0.1, 0.15) is 17.3 Å². The van der Waals surface area contributed by atoms with E-state index in [1.54, 1.807) is 18.3 Å². The maximum Gasteiger partial charge on any atom is 0.293 e. The number of benzene rings is 2. The van der Waals surface area contributed by atoms with E-state index in [1.165, 1.54) is 54.7 Å². The number of nitro benzene ring substituents is 1. The first kappa shape index (κ1) is 23.3. The number of amides is 1. The van der Waals surface area contributed by atoms with Gasteiger partial charge in [0, 0.05) is 23.9 Å². The van der Waals surface area contributed by atoms with E-state index in [0.29, 0.717) is 11.4 Å². The van der Waals surface area contributed by atoms with Crippen LogP contribution in [0.25, 0.3) is 0 Å². The molecular weight excluding hydrogens is 453 g/mol. The Hall–Kier alpha value is -4.86. The summed E-state index contributed by atoms with van der Waals surface area (Å²) in [5.74, 6) is -0.252. The van der Waals surface area contributed by atoms with Gasteiger partial charge < -0.3 is 15.4 Å². The van der Waals surface area contributed by atoms with Gasteiger partial charge in [0.15, 0.2) is 0 Å². The minimum Gasteiger partial charge on any atom is -0.439 e. The van der Waals surface area contributed by atoms with Crippen LogP contribution in [-0.2, 0) is 0 Å². The van der Waals surface area contributed by atoms with Gasteiger partial charge in [-0.3, -0.25) is 19.9 Å². The SMILES string of the molecule is CC(Nc1ccc(C(=O)Nc2ccc(Oc3ccc(F)cc3)nc2)cc1[N+](=O)[O-])c1ccccn1. The van der Waals surface area contributed by atoms with E-state index < -0.39 is 10.8 Å². The maximum atomic E-state index is 13.0.